The lowest BCUT2D eigenvalue weighted by Gasteiger charge is -2.21. The molecule has 10 heteroatoms. The molecule has 2 atom stereocenters. The molecule has 0 bridgehead atoms. The molecule has 0 spiro atoms. The van der Waals surface area contributed by atoms with Crippen molar-refractivity contribution in [1.82, 2.24) is 19.4 Å². The van der Waals surface area contributed by atoms with Crippen molar-refractivity contribution < 1.29 is 19.4 Å². The Hall–Kier alpha value is -4.18. The lowest BCUT2D eigenvalue weighted by molar-refractivity contribution is -0.141. The van der Waals surface area contributed by atoms with Crippen molar-refractivity contribution in [3.63, 3.8) is 0 Å². The van der Waals surface area contributed by atoms with Gasteiger partial charge in [0.15, 0.2) is 5.82 Å². The first-order chi connectivity index (χ1) is 23.1. The highest BCUT2D eigenvalue weighted by atomic mass is 35.5. The van der Waals surface area contributed by atoms with E-state index in [4.69, 9.17) is 16.3 Å². The summed E-state index contributed by atoms with van der Waals surface area (Å²) in [6.45, 7) is 7.99. The highest BCUT2D eigenvalue weighted by Gasteiger charge is 2.30. The van der Waals surface area contributed by atoms with Crippen molar-refractivity contribution >= 4 is 29.2 Å². The van der Waals surface area contributed by atoms with E-state index in [0.29, 0.717) is 29.5 Å². The Morgan fingerprint density at radius 3 is 2.60 bits per heavy atom. The topological polar surface area (TPSA) is 99.9 Å². The molecule has 4 aromatic rings. The maximum Gasteiger partial charge on any atom is 0.307 e. The Morgan fingerprint density at radius 2 is 1.81 bits per heavy atom. The molecule has 1 aromatic heterocycles. The van der Waals surface area contributed by atoms with Gasteiger partial charge >= 0.3 is 5.97 Å². The average Bonchev–Trinajstić information content (AvgIpc) is 3.78. The first kappa shape index (κ1) is 32.4. The molecule has 2 aliphatic heterocycles. The van der Waals surface area contributed by atoms with Crippen molar-refractivity contribution in [2.45, 2.75) is 58.7 Å². The van der Waals surface area contributed by atoms with Gasteiger partial charge in [-0.2, -0.15) is 0 Å². The van der Waals surface area contributed by atoms with Gasteiger partial charge in [0.05, 0.1) is 22.3 Å². The van der Waals surface area contributed by atoms with E-state index in [1.54, 1.807) is 0 Å². The molecular weight excluding hydrogens is 626 g/mol. The Bertz CT molecular complexity index is 1920. The maximum absolute atomic E-state index is 13.4. The lowest BCUT2D eigenvalue weighted by atomic mass is 9.96. The number of carbonyl (C=O) groups is 2. The number of carboxylic acid groups (broad SMARTS) is 1. The summed E-state index contributed by atoms with van der Waals surface area (Å²) in [4.78, 5) is 34.0. The first-order valence-corrected chi connectivity index (χ1v) is 17.1. The number of hydrogen-bond donors (Lipinski definition) is 2. The number of hydrogen-bond acceptors (Lipinski definition) is 6. The second-order valence-corrected chi connectivity index (χ2v) is 14.0. The van der Waals surface area contributed by atoms with E-state index in [2.05, 4.69) is 71.3 Å². The Morgan fingerprint density at radius 1 is 1.02 bits per heavy atom. The van der Waals surface area contributed by atoms with Gasteiger partial charge in [-0.05, 0) is 92.2 Å². The number of nitrogens with zero attached hydrogens (tertiary/aromatic N) is 4. The van der Waals surface area contributed by atoms with Crippen molar-refractivity contribution in [3.05, 3.63) is 98.6 Å². The summed E-state index contributed by atoms with van der Waals surface area (Å²) in [5.74, 6) is -0.00467. The Labute approximate surface area is 286 Å². The van der Waals surface area contributed by atoms with Crippen LogP contribution in [0.4, 0.5) is 5.69 Å². The number of fused-ring (bicyclic) bond motifs is 2. The van der Waals surface area contributed by atoms with Crippen LogP contribution >= 0.6 is 11.6 Å². The number of likely N-dealkylation sites (N-methyl/N-ethyl adjacent to an activating group) is 1. The summed E-state index contributed by atoms with van der Waals surface area (Å²) >= 11 is 7.03. The SMILES string of the molecule is Cc1cc(OC2CCc3c(-c4cccc(NC(=O)c5nc6c(n5C)CCN(C)C6)c4Cl)cccc32)c(C)cc1CN1CCC(C(=O)O)C1. The predicted molar refractivity (Wildman–Crippen MR) is 187 cm³/mol. The normalized spacial score (nSPS) is 19.3. The molecule has 3 aliphatic rings. The van der Waals surface area contributed by atoms with E-state index in [1.807, 2.05) is 29.8 Å². The number of benzene rings is 3. The predicted octanol–water partition coefficient (Wildman–Crippen LogP) is 6.57. The number of aryl methyl sites for hydroxylation is 2. The summed E-state index contributed by atoms with van der Waals surface area (Å²) in [5.41, 5.74) is 10.3. The van der Waals surface area contributed by atoms with Gasteiger partial charge in [-0.15, -0.1) is 0 Å². The third-order valence-electron chi connectivity index (χ3n) is 10.3. The van der Waals surface area contributed by atoms with Gasteiger partial charge in [0.2, 0.25) is 0 Å². The van der Waals surface area contributed by atoms with Crippen LogP contribution in [0, 0.1) is 19.8 Å². The van der Waals surface area contributed by atoms with Crippen LogP contribution in [0.2, 0.25) is 5.02 Å². The van der Waals surface area contributed by atoms with Crippen molar-refractivity contribution in [3.8, 4) is 16.9 Å². The van der Waals surface area contributed by atoms with E-state index in [1.165, 1.54) is 11.1 Å². The fourth-order valence-electron chi connectivity index (χ4n) is 7.59. The molecule has 3 heterocycles. The van der Waals surface area contributed by atoms with E-state index < -0.39 is 5.97 Å². The van der Waals surface area contributed by atoms with Crippen LogP contribution in [0.5, 0.6) is 5.75 Å². The maximum atomic E-state index is 13.4. The number of anilines is 1. The number of imidazole rings is 1. The number of carboxylic acids is 1. The highest BCUT2D eigenvalue weighted by molar-refractivity contribution is 6.36. The average molecular weight is 668 g/mol. The van der Waals surface area contributed by atoms with Crippen LogP contribution in [0.25, 0.3) is 11.1 Å². The molecule has 1 amide bonds. The number of amides is 1. The lowest BCUT2D eigenvalue weighted by Crippen LogP contribution is -2.27. The summed E-state index contributed by atoms with van der Waals surface area (Å²) < 4.78 is 8.60. The zero-order chi connectivity index (χ0) is 33.7. The summed E-state index contributed by atoms with van der Waals surface area (Å²) in [7, 11) is 3.97. The van der Waals surface area contributed by atoms with Gasteiger partial charge in [0.25, 0.3) is 5.91 Å². The molecule has 2 unspecified atom stereocenters. The third kappa shape index (κ3) is 6.11. The molecule has 1 saturated heterocycles. The van der Waals surface area contributed by atoms with Crippen LogP contribution in [-0.2, 0) is 37.8 Å². The Balaban J connectivity index is 1.09. The minimum atomic E-state index is -0.706. The third-order valence-corrected chi connectivity index (χ3v) is 10.7. The highest BCUT2D eigenvalue weighted by Crippen LogP contribution is 2.44. The quantitative estimate of drug-likeness (QED) is 0.219. The van der Waals surface area contributed by atoms with E-state index in [-0.39, 0.29) is 17.9 Å². The molecule has 7 rings (SSSR count). The first-order valence-electron chi connectivity index (χ1n) is 16.7. The van der Waals surface area contributed by atoms with Crippen LogP contribution in [0.15, 0.2) is 48.5 Å². The molecular formula is C38H42ClN5O4. The monoisotopic (exact) mass is 667 g/mol. The zero-order valence-corrected chi connectivity index (χ0v) is 28.7. The largest absolute Gasteiger partial charge is 0.485 e. The zero-order valence-electron chi connectivity index (χ0n) is 28.0. The van der Waals surface area contributed by atoms with E-state index >= 15 is 0 Å². The van der Waals surface area contributed by atoms with Gasteiger partial charge in [0.1, 0.15) is 11.9 Å². The molecule has 3 aromatic carbocycles. The number of carbonyl (C=O) groups excluding carboxylic acids is 1. The van der Waals surface area contributed by atoms with Gasteiger partial charge < -0.3 is 24.6 Å². The molecule has 48 heavy (non-hydrogen) atoms. The number of likely N-dealkylation sites (tertiary alicyclic amines) is 1. The van der Waals surface area contributed by atoms with E-state index in [9.17, 15) is 14.7 Å². The fraction of sp³-hybridized carbons (Fsp3) is 0.395. The van der Waals surface area contributed by atoms with E-state index in [0.717, 1.165) is 90.4 Å². The number of ether oxygens (including phenoxy) is 1. The van der Waals surface area contributed by atoms with Crippen molar-refractivity contribution in [1.29, 1.82) is 0 Å². The molecule has 0 saturated carbocycles. The fourth-order valence-corrected chi connectivity index (χ4v) is 7.86. The number of aromatic nitrogens is 2. The second-order valence-electron chi connectivity index (χ2n) is 13.6. The van der Waals surface area contributed by atoms with Crippen molar-refractivity contribution in [2.75, 3.05) is 32.0 Å². The van der Waals surface area contributed by atoms with Crippen LogP contribution in [-0.4, -0.2) is 63.0 Å². The van der Waals surface area contributed by atoms with Crippen LogP contribution < -0.4 is 10.1 Å². The summed E-state index contributed by atoms with van der Waals surface area (Å²) in [6, 6.07) is 16.3. The number of nitrogens with one attached hydrogen (secondary N) is 1. The van der Waals surface area contributed by atoms with Gasteiger partial charge in [-0.1, -0.05) is 48.0 Å². The minimum absolute atomic E-state index is 0.0889. The number of aliphatic carboxylic acids is 1. The smallest absolute Gasteiger partial charge is 0.307 e. The summed E-state index contributed by atoms with van der Waals surface area (Å²) in [6.07, 6.45) is 3.18. The van der Waals surface area contributed by atoms with Gasteiger partial charge in [-0.25, -0.2) is 4.98 Å². The molecule has 9 nitrogen and oxygen atoms in total. The standard InChI is InChI=1S/C38H42ClN5O4/c1-22-18-34(23(2)17-25(22)20-44-16-13-24(19-44)38(46)47)48-33-12-11-27-26(7-5-8-28(27)33)29-9-6-10-30(35(29)39)41-37(45)36-40-31-21-42(3)15-14-32(31)43(36)4/h5-10,17-18,24,33H,11-16,19-21H2,1-4H3,(H,41,45)(H,46,47). The molecule has 2 N–H and O–H groups in total. The number of halogens is 1. The minimum Gasteiger partial charge on any atom is -0.485 e. The molecule has 1 fully saturated rings. The number of rotatable bonds is 8. The van der Waals surface area contributed by atoms with Crippen LogP contribution in [0.3, 0.4) is 0 Å². The molecule has 250 valence electrons. The van der Waals surface area contributed by atoms with Crippen molar-refractivity contribution in [2.24, 2.45) is 13.0 Å². The van der Waals surface area contributed by atoms with Gasteiger partial charge in [-0.3, -0.25) is 14.5 Å². The Kier molecular flexibility index (Phi) is 8.79. The van der Waals surface area contributed by atoms with Crippen LogP contribution in [0.1, 0.15) is 68.8 Å². The van der Waals surface area contributed by atoms with Gasteiger partial charge in [0, 0.05) is 50.9 Å². The molecule has 0 radical (unpaired) electrons. The molecule has 1 aliphatic carbocycles. The summed E-state index contributed by atoms with van der Waals surface area (Å²) in [5, 5.41) is 12.9. The second kappa shape index (κ2) is 13.0.